The molecule has 0 fully saturated rings. The van der Waals surface area contributed by atoms with Crippen LogP contribution in [0.25, 0.3) is 0 Å². The Hall–Kier alpha value is -0.120. The SMILES string of the molecule is CCCOCC(NC)C(CC)(CC)N(CC)CC. The molecule has 0 aliphatic heterocycles. The largest absolute Gasteiger partial charge is 0.380 e. The average molecular weight is 258 g/mol. The molecule has 0 aromatic carbocycles. The van der Waals surface area contributed by atoms with Gasteiger partial charge >= 0.3 is 0 Å². The van der Waals surface area contributed by atoms with Crippen molar-refractivity contribution in [3.63, 3.8) is 0 Å². The van der Waals surface area contributed by atoms with E-state index < -0.39 is 0 Å². The topological polar surface area (TPSA) is 24.5 Å². The van der Waals surface area contributed by atoms with Gasteiger partial charge in [0.25, 0.3) is 0 Å². The third-order valence-electron chi connectivity index (χ3n) is 4.25. The fourth-order valence-corrected chi connectivity index (χ4v) is 3.12. The lowest BCUT2D eigenvalue weighted by molar-refractivity contribution is 0.00649. The number of ether oxygens (including phenoxy) is 1. The monoisotopic (exact) mass is 258 g/mol. The van der Waals surface area contributed by atoms with E-state index in [2.05, 4.69) is 51.9 Å². The molecule has 0 saturated carbocycles. The predicted octanol–water partition coefficient (Wildman–Crippen LogP) is 2.90. The molecular weight excluding hydrogens is 224 g/mol. The van der Waals surface area contributed by atoms with E-state index in [1.165, 1.54) is 0 Å². The van der Waals surface area contributed by atoms with Gasteiger partial charge in [-0.25, -0.2) is 0 Å². The molecule has 0 aromatic rings. The van der Waals surface area contributed by atoms with E-state index in [0.717, 1.165) is 45.6 Å². The third kappa shape index (κ3) is 4.22. The molecule has 0 radical (unpaired) electrons. The summed E-state index contributed by atoms with van der Waals surface area (Å²) in [5, 5.41) is 3.49. The summed E-state index contributed by atoms with van der Waals surface area (Å²) in [6.45, 7) is 15.1. The first kappa shape index (κ1) is 17.9. The molecule has 0 bridgehead atoms. The first-order chi connectivity index (χ1) is 8.66. The molecule has 0 saturated heterocycles. The van der Waals surface area contributed by atoms with Crippen molar-refractivity contribution in [3.8, 4) is 0 Å². The highest BCUT2D eigenvalue weighted by Crippen LogP contribution is 2.28. The lowest BCUT2D eigenvalue weighted by atomic mass is 9.82. The molecule has 0 heterocycles. The van der Waals surface area contributed by atoms with Crippen molar-refractivity contribution in [2.24, 2.45) is 0 Å². The van der Waals surface area contributed by atoms with Gasteiger partial charge in [-0.15, -0.1) is 0 Å². The smallest absolute Gasteiger partial charge is 0.0637 e. The average Bonchev–Trinajstić information content (AvgIpc) is 2.42. The van der Waals surface area contributed by atoms with E-state index in [0.29, 0.717) is 6.04 Å². The Bertz CT molecular complexity index is 189. The molecule has 0 amide bonds. The highest BCUT2D eigenvalue weighted by atomic mass is 16.5. The second-order valence-electron chi connectivity index (χ2n) is 4.90. The van der Waals surface area contributed by atoms with Crippen molar-refractivity contribution >= 4 is 0 Å². The van der Waals surface area contributed by atoms with Crippen molar-refractivity contribution in [2.75, 3.05) is 33.4 Å². The van der Waals surface area contributed by atoms with Crippen molar-refractivity contribution in [1.29, 1.82) is 0 Å². The molecule has 0 rings (SSSR count). The Morgan fingerprint density at radius 3 is 1.94 bits per heavy atom. The summed E-state index contributed by atoms with van der Waals surface area (Å²) >= 11 is 0. The fraction of sp³-hybridized carbons (Fsp3) is 1.00. The quantitative estimate of drug-likeness (QED) is 0.577. The van der Waals surface area contributed by atoms with Crippen LogP contribution in [-0.4, -0.2) is 49.8 Å². The van der Waals surface area contributed by atoms with Crippen molar-refractivity contribution in [2.45, 2.75) is 65.5 Å². The van der Waals surface area contributed by atoms with Crippen LogP contribution in [-0.2, 0) is 4.74 Å². The molecule has 0 aliphatic rings. The van der Waals surface area contributed by atoms with Crippen LogP contribution < -0.4 is 5.32 Å². The van der Waals surface area contributed by atoms with Crippen LogP contribution in [0.5, 0.6) is 0 Å². The van der Waals surface area contributed by atoms with Crippen LogP contribution in [0.4, 0.5) is 0 Å². The van der Waals surface area contributed by atoms with E-state index in [-0.39, 0.29) is 5.54 Å². The van der Waals surface area contributed by atoms with E-state index in [1.54, 1.807) is 0 Å². The molecule has 18 heavy (non-hydrogen) atoms. The summed E-state index contributed by atoms with van der Waals surface area (Å²) in [7, 11) is 2.06. The summed E-state index contributed by atoms with van der Waals surface area (Å²) in [6.07, 6.45) is 3.41. The van der Waals surface area contributed by atoms with Crippen LogP contribution in [0.15, 0.2) is 0 Å². The third-order valence-corrected chi connectivity index (χ3v) is 4.25. The molecule has 0 aliphatic carbocycles. The van der Waals surface area contributed by atoms with Gasteiger partial charge in [0.2, 0.25) is 0 Å². The number of hydrogen-bond donors (Lipinski definition) is 1. The molecule has 1 N–H and O–H groups in total. The van der Waals surface area contributed by atoms with Crippen LogP contribution in [0.1, 0.15) is 53.9 Å². The van der Waals surface area contributed by atoms with Gasteiger partial charge in [0.1, 0.15) is 0 Å². The minimum Gasteiger partial charge on any atom is -0.380 e. The summed E-state index contributed by atoms with van der Waals surface area (Å²) in [5.41, 5.74) is 0.214. The van der Waals surface area contributed by atoms with Crippen LogP contribution in [0, 0.1) is 0 Å². The van der Waals surface area contributed by atoms with E-state index >= 15 is 0 Å². The second-order valence-corrected chi connectivity index (χ2v) is 4.90. The number of hydrogen-bond acceptors (Lipinski definition) is 3. The molecule has 1 atom stereocenters. The maximum Gasteiger partial charge on any atom is 0.0637 e. The Balaban J connectivity index is 4.88. The van der Waals surface area contributed by atoms with E-state index in [9.17, 15) is 0 Å². The standard InChI is InChI=1S/C15H34N2O/c1-7-12-18-13-14(16-6)15(8-2,9-3)17(10-4)11-5/h14,16H,7-13H2,1-6H3. The summed E-state index contributed by atoms with van der Waals surface area (Å²) < 4.78 is 5.80. The zero-order valence-electron chi connectivity index (χ0n) is 13.4. The molecule has 3 nitrogen and oxygen atoms in total. The fourth-order valence-electron chi connectivity index (χ4n) is 3.12. The molecule has 0 spiro atoms. The maximum absolute atomic E-state index is 5.80. The lowest BCUT2D eigenvalue weighted by Crippen LogP contribution is -2.61. The zero-order valence-corrected chi connectivity index (χ0v) is 13.4. The first-order valence-electron chi connectivity index (χ1n) is 7.66. The predicted molar refractivity (Wildman–Crippen MR) is 80.2 cm³/mol. The minimum atomic E-state index is 0.214. The van der Waals surface area contributed by atoms with Gasteiger partial charge in [-0.05, 0) is 39.4 Å². The lowest BCUT2D eigenvalue weighted by Gasteiger charge is -2.47. The highest BCUT2D eigenvalue weighted by Gasteiger charge is 2.39. The Labute approximate surface area is 114 Å². The van der Waals surface area contributed by atoms with Gasteiger partial charge < -0.3 is 10.1 Å². The summed E-state index contributed by atoms with van der Waals surface area (Å²) in [4.78, 5) is 2.59. The van der Waals surface area contributed by atoms with Crippen LogP contribution in [0.2, 0.25) is 0 Å². The van der Waals surface area contributed by atoms with Crippen molar-refractivity contribution in [1.82, 2.24) is 10.2 Å². The summed E-state index contributed by atoms with van der Waals surface area (Å²) in [6, 6.07) is 0.402. The van der Waals surface area contributed by atoms with Crippen LogP contribution >= 0.6 is 0 Å². The van der Waals surface area contributed by atoms with Crippen molar-refractivity contribution < 1.29 is 4.74 Å². The van der Waals surface area contributed by atoms with Crippen molar-refractivity contribution in [3.05, 3.63) is 0 Å². The van der Waals surface area contributed by atoms with Gasteiger partial charge in [-0.1, -0.05) is 34.6 Å². The maximum atomic E-state index is 5.80. The van der Waals surface area contributed by atoms with E-state index in [4.69, 9.17) is 4.74 Å². The highest BCUT2D eigenvalue weighted by molar-refractivity contribution is 4.98. The van der Waals surface area contributed by atoms with Gasteiger partial charge in [-0.3, -0.25) is 4.90 Å². The number of rotatable bonds is 11. The number of nitrogens with one attached hydrogen (secondary N) is 1. The Morgan fingerprint density at radius 1 is 1.06 bits per heavy atom. The van der Waals surface area contributed by atoms with E-state index in [1.807, 2.05) is 0 Å². The van der Waals surface area contributed by atoms with Gasteiger partial charge in [0.15, 0.2) is 0 Å². The minimum absolute atomic E-state index is 0.214. The zero-order chi connectivity index (χ0) is 14.0. The second kappa shape index (κ2) is 9.76. The normalized spacial score (nSPS) is 14.2. The Morgan fingerprint density at radius 2 is 1.61 bits per heavy atom. The van der Waals surface area contributed by atoms with Gasteiger partial charge in [0, 0.05) is 18.2 Å². The van der Waals surface area contributed by atoms with Gasteiger partial charge in [-0.2, -0.15) is 0 Å². The molecule has 110 valence electrons. The number of likely N-dealkylation sites (N-methyl/N-ethyl adjacent to an activating group) is 2. The Kier molecular flexibility index (Phi) is 9.70. The molecular formula is C15H34N2O. The molecule has 1 unspecified atom stereocenters. The first-order valence-corrected chi connectivity index (χ1v) is 7.66. The summed E-state index contributed by atoms with van der Waals surface area (Å²) in [5.74, 6) is 0. The number of nitrogens with zero attached hydrogens (tertiary/aromatic N) is 1. The molecule has 0 aromatic heterocycles. The van der Waals surface area contributed by atoms with Gasteiger partial charge in [0.05, 0.1) is 6.61 Å². The van der Waals surface area contributed by atoms with Crippen LogP contribution in [0.3, 0.4) is 0 Å². The molecule has 3 heteroatoms.